The molecule has 3 aromatic rings. The van der Waals surface area contributed by atoms with Crippen LogP contribution in [0.1, 0.15) is 18.7 Å². The number of anilines is 2. The maximum atomic E-state index is 12.7. The van der Waals surface area contributed by atoms with Crippen molar-refractivity contribution >= 4 is 23.2 Å². The normalized spacial score (nSPS) is 13.9. The van der Waals surface area contributed by atoms with Crippen LogP contribution in [0.4, 0.5) is 11.4 Å². The minimum atomic E-state index is -0.127. The van der Waals surface area contributed by atoms with Gasteiger partial charge in [0.15, 0.2) is 11.7 Å². The van der Waals surface area contributed by atoms with Crippen molar-refractivity contribution in [1.82, 2.24) is 15.2 Å². The number of aromatic nitrogens is 1. The quantitative estimate of drug-likeness (QED) is 0.423. The molecule has 9 nitrogen and oxygen atoms in total. The Morgan fingerprint density at radius 2 is 1.97 bits per heavy atom. The van der Waals surface area contributed by atoms with Crippen LogP contribution >= 0.6 is 0 Å². The third-order valence-corrected chi connectivity index (χ3v) is 6.55. The van der Waals surface area contributed by atoms with Crippen molar-refractivity contribution in [3.8, 4) is 17.1 Å². The Hall–Kier alpha value is -4.01. The number of methoxy groups -OCH3 is 1. The second kappa shape index (κ2) is 12.3. The van der Waals surface area contributed by atoms with E-state index < -0.39 is 0 Å². The van der Waals surface area contributed by atoms with Gasteiger partial charge in [0.2, 0.25) is 11.8 Å². The highest BCUT2D eigenvalue weighted by molar-refractivity contribution is 5.85. The number of para-hydroxylation sites is 1. The van der Waals surface area contributed by atoms with E-state index in [1.54, 1.807) is 25.1 Å². The molecular formula is C28H35N5O4. The molecule has 37 heavy (non-hydrogen) atoms. The van der Waals surface area contributed by atoms with E-state index in [0.29, 0.717) is 50.0 Å². The summed E-state index contributed by atoms with van der Waals surface area (Å²) in [5, 5.41) is 2.96. The maximum absolute atomic E-state index is 12.7. The van der Waals surface area contributed by atoms with E-state index in [1.807, 2.05) is 43.4 Å². The molecule has 0 spiro atoms. The number of oxazole rings is 1. The molecule has 1 aliphatic heterocycles. The number of aryl methyl sites for hydroxylation is 1. The molecule has 0 bridgehead atoms. The van der Waals surface area contributed by atoms with Gasteiger partial charge in [-0.2, -0.15) is 0 Å². The van der Waals surface area contributed by atoms with E-state index >= 15 is 0 Å². The summed E-state index contributed by atoms with van der Waals surface area (Å²) in [6, 6.07) is 16.0. The SMILES string of the molecule is COc1cc(N2CCC(=O)N(CC(=O)NCCCN(C)c3ccccc3)CC2)ccc1-c1cnc(C)o1. The molecule has 1 aromatic heterocycles. The van der Waals surface area contributed by atoms with Crippen LogP contribution in [0.15, 0.2) is 59.1 Å². The average Bonchev–Trinajstić information content (AvgIpc) is 3.27. The highest BCUT2D eigenvalue weighted by Gasteiger charge is 2.24. The predicted molar refractivity (Wildman–Crippen MR) is 144 cm³/mol. The highest BCUT2D eigenvalue weighted by Crippen LogP contribution is 2.34. The zero-order chi connectivity index (χ0) is 26.2. The third kappa shape index (κ3) is 6.81. The van der Waals surface area contributed by atoms with Gasteiger partial charge in [-0.25, -0.2) is 4.98 Å². The monoisotopic (exact) mass is 505 g/mol. The summed E-state index contributed by atoms with van der Waals surface area (Å²) in [6.45, 7) is 4.97. The van der Waals surface area contributed by atoms with Gasteiger partial charge in [0, 0.05) is 70.6 Å². The van der Waals surface area contributed by atoms with Crippen LogP contribution in [-0.2, 0) is 9.59 Å². The van der Waals surface area contributed by atoms with E-state index in [2.05, 4.69) is 32.2 Å². The fourth-order valence-corrected chi connectivity index (χ4v) is 4.44. The van der Waals surface area contributed by atoms with Gasteiger partial charge in [-0.05, 0) is 30.7 Å². The Morgan fingerprint density at radius 3 is 2.70 bits per heavy atom. The van der Waals surface area contributed by atoms with E-state index in [4.69, 9.17) is 9.15 Å². The molecule has 196 valence electrons. The Kier molecular flexibility index (Phi) is 8.66. The van der Waals surface area contributed by atoms with Crippen LogP contribution in [0.25, 0.3) is 11.3 Å². The van der Waals surface area contributed by atoms with E-state index in [9.17, 15) is 9.59 Å². The van der Waals surface area contributed by atoms with E-state index in [1.165, 1.54) is 0 Å². The molecule has 1 N–H and O–H groups in total. The van der Waals surface area contributed by atoms with Gasteiger partial charge in [-0.3, -0.25) is 9.59 Å². The standard InChI is InChI=1S/C28H35N5O4/c1-21-30-19-26(37-21)24-11-10-23(18-25(24)36-3)32-15-12-28(35)33(17-16-32)20-27(34)29-13-7-14-31(2)22-8-5-4-6-9-22/h4-6,8-11,18-19H,7,12-17,20H2,1-3H3,(H,29,34). The average molecular weight is 506 g/mol. The minimum Gasteiger partial charge on any atom is -0.496 e. The van der Waals surface area contributed by atoms with Crippen LogP contribution < -0.4 is 19.9 Å². The molecule has 2 aromatic carbocycles. The van der Waals surface area contributed by atoms with Gasteiger partial charge in [0.05, 0.1) is 25.4 Å². The van der Waals surface area contributed by atoms with E-state index in [-0.39, 0.29) is 18.4 Å². The van der Waals surface area contributed by atoms with Gasteiger partial charge in [-0.15, -0.1) is 0 Å². The van der Waals surface area contributed by atoms with Crippen LogP contribution in [-0.4, -0.2) is 75.1 Å². The van der Waals surface area contributed by atoms with Gasteiger partial charge >= 0.3 is 0 Å². The first kappa shape index (κ1) is 26.1. The van der Waals surface area contributed by atoms with Crippen molar-refractivity contribution in [1.29, 1.82) is 0 Å². The number of amides is 2. The molecule has 0 unspecified atom stereocenters. The van der Waals surface area contributed by atoms with Crippen LogP contribution in [0.2, 0.25) is 0 Å². The number of nitrogens with one attached hydrogen (secondary N) is 1. The lowest BCUT2D eigenvalue weighted by Crippen LogP contribution is -2.42. The summed E-state index contributed by atoms with van der Waals surface area (Å²) < 4.78 is 11.3. The summed E-state index contributed by atoms with van der Waals surface area (Å²) in [5.41, 5.74) is 2.93. The molecule has 0 aliphatic carbocycles. The number of carbonyl (C=O) groups is 2. The van der Waals surface area contributed by atoms with Gasteiger partial charge < -0.3 is 29.2 Å². The fourth-order valence-electron chi connectivity index (χ4n) is 4.44. The Morgan fingerprint density at radius 1 is 1.16 bits per heavy atom. The molecule has 1 aliphatic rings. The van der Waals surface area contributed by atoms with Crippen LogP contribution in [0, 0.1) is 6.92 Å². The first-order chi connectivity index (χ1) is 17.9. The first-order valence-corrected chi connectivity index (χ1v) is 12.6. The summed E-state index contributed by atoms with van der Waals surface area (Å²) in [6.07, 6.45) is 2.85. The van der Waals surface area contributed by atoms with E-state index in [0.717, 1.165) is 29.9 Å². The van der Waals surface area contributed by atoms with Crippen molar-refractivity contribution in [2.24, 2.45) is 0 Å². The predicted octanol–water partition coefficient (Wildman–Crippen LogP) is 3.34. The van der Waals surface area contributed by atoms with Gasteiger partial charge in [0.25, 0.3) is 0 Å². The van der Waals surface area contributed by atoms with Crippen molar-refractivity contribution in [3.05, 3.63) is 60.6 Å². The molecule has 9 heteroatoms. The van der Waals surface area contributed by atoms with Crippen molar-refractivity contribution in [3.63, 3.8) is 0 Å². The highest BCUT2D eigenvalue weighted by atomic mass is 16.5. The second-order valence-corrected chi connectivity index (χ2v) is 9.14. The lowest BCUT2D eigenvalue weighted by Gasteiger charge is -2.24. The second-order valence-electron chi connectivity index (χ2n) is 9.14. The summed E-state index contributed by atoms with van der Waals surface area (Å²) in [4.78, 5) is 35.4. The first-order valence-electron chi connectivity index (χ1n) is 12.6. The van der Waals surface area contributed by atoms with Crippen LogP contribution in [0.5, 0.6) is 5.75 Å². The number of rotatable bonds is 10. The van der Waals surface area contributed by atoms with Crippen molar-refractivity contribution in [2.75, 3.05) is 63.2 Å². The molecular weight excluding hydrogens is 470 g/mol. The number of benzene rings is 2. The zero-order valence-electron chi connectivity index (χ0n) is 21.8. The lowest BCUT2D eigenvalue weighted by molar-refractivity contribution is -0.135. The van der Waals surface area contributed by atoms with Gasteiger partial charge in [-0.1, -0.05) is 18.2 Å². The number of nitrogens with zero attached hydrogens (tertiary/aromatic N) is 4. The number of hydrogen-bond donors (Lipinski definition) is 1. The third-order valence-electron chi connectivity index (χ3n) is 6.55. The molecule has 0 saturated carbocycles. The smallest absolute Gasteiger partial charge is 0.239 e. The Bertz CT molecular complexity index is 1200. The molecule has 4 rings (SSSR count). The van der Waals surface area contributed by atoms with Crippen molar-refractivity contribution < 1.29 is 18.7 Å². The summed E-state index contributed by atoms with van der Waals surface area (Å²) >= 11 is 0. The number of ether oxygens (including phenoxy) is 1. The molecule has 1 saturated heterocycles. The van der Waals surface area contributed by atoms with Crippen LogP contribution in [0.3, 0.4) is 0 Å². The molecule has 0 radical (unpaired) electrons. The topological polar surface area (TPSA) is 91.2 Å². The Balaban J connectivity index is 1.27. The number of hydrogen-bond acceptors (Lipinski definition) is 7. The molecule has 0 atom stereocenters. The maximum Gasteiger partial charge on any atom is 0.239 e. The molecule has 1 fully saturated rings. The van der Waals surface area contributed by atoms with Gasteiger partial charge in [0.1, 0.15) is 5.75 Å². The Labute approximate surface area is 218 Å². The largest absolute Gasteiger partial charge is 0.496 e. The zero-order valence-corrected chi connectivity index (χ0v) is 21.8. The van der Waals surface area contributed by atoms with Crippen molar-refractivity contribution in [2.45, 2.75) is 19.8 Å². The fraction of sp³-hybridized carbons (Fsp3) is 0.393. The minimum absolute atomic E-state index is 0.0119. The number of carbonyl (C=O) groups excluding carboxylic acids is 2. The summed E-state index contributed by atoms with van der Waals surface area (Å²) in [7, 11) is 3.66. The molecule has 2 amide bonds. The lowest BCUT2D eigenvalue weighted by atomic mass is 10.1. The molecule has 2 heterocycles. The summed E-state index contributed by atoms with van der Waals surface area (Å²) in [5.74, 6) is 1.78.